The number of benzene rings is 2. The van der Waals surface area contributed by atoms with Gasteiger partial charge in [-0.3, -0.25) is 4.79 Å². The van der Waals surface area contributed by atoms with Crippen molar-refractivity contribution in [3.8, 4) is 11.4 Å². The fourth-order valence-corrected chi connectivity index (χ4v) is 4.46. The lowest BCUT2D eigenvalue weighted by atomic mass is 10.2. The van der Waals surface area contributed by atoms with Crippen molar-refractivity contribution in [2.24, 2.45) is 5.92 Å². The van der Waals surface area contributed by atoms with Crippen molar-refractivity contribution in [3.63, 3.8) is 0 Å². The van der Waals surface area contributed by atoms with Gasteiger partial charge in [-0.2, -0.15) is 0 Å². The molecule has 2 aromatic carbocycles. The van der Waals surface area contributed by atoms with Gasteiger partial charge in [-0.05, 0) is 35.7 Å². The summed E-state index contributed by atoms with van der Waals surface area (Å²) < 4.78 is 21.8. The lowest BCUT2D eigenvalue weighted by molar-refractivity contribution is -0.129. The third-order valence-corrected chi connectivity index (χ3v) is 6.15. The SMILES string of the molecule is CC(C)Cn1c(SCC(=O)N(Cc2ccccc2)Cc2ccco2)nnc1-c1ccccc1F. The summed E-state index contributed by atoms with van der Waals surface area (Å²) in [6.07, 6.45) is 1.61. The van der Waals surface area contributed by atoms with E-state index in [1.165, 1.54) is 17.8 Å². The molecule has 0 N–H and O–H groups in total. The number of carbonyl (C=O) groups excluding carboxylic acids is 1. The molecule has 0 fully saturated rings. The normalized spacial score (nSPS) is 11.2. The van der Waals surface area contributed by atoms with Crippen LogP contribution in [0.1, 0.15) is 25.2 Å². The monoisotopic (exact) mass is 478 g/mol. The second-order valence-corrected chi connectivity index (χ2v) is 9.34. The number of furan rings is 1. The maximum absolute atomic E-state index is 14.5. The molecule has 0 aliphatic heterocycles. The molecule has 4 aromatic rings. The maximum Gasteiger partial charge on any atom is 0.233 e. The summed E-state index contributed by atoms with van der Waals surface area (Å²) in [5, 5.41) is 9.16. The van der Waals surface area contributed by atoms with E-state index in [2.05, 4.69) is 24.0 Å². The van der Waals surface area contributed by atoms with E-state index in [0.717, 1.165) is 11.3 Å². The Balaban J connectivity index is 1.53. The molecule has 8 heteroatoms. The third-order valence-electron chi connectivity index (χ3n) is 5.20. The molecule has 0 spiro atoms. The number of nitrogens with zero attached hydrogens (tertiary/aromatic N) is 4. The molecule has 0 bridgehead atoms. The van der Waals surface area contributed by atoms with Crippen LogP contribution >= 0.6 is 11.8 Å². The summed E-state index contributed by atoms with van der Waals surface area (Å²) in [4.78, 5) is 15.0. The highest BCUT2D eigenvalue weighted by molar-refractivity contribution is 7.99. The van der Waals surface area contributed by atoms with Gasteiger partial charge in [0.15, 0.2) is 11.0 Å². The van der Waals surface area contributed by atoms with Gasteiger partial charge in [-0.15, -0.1) is 10.2 Å². The van der Waals surface area contributed by atoms with E-state index < -0.39 is 0 Å². The quantitative estimate of drug-likeness (QED) is 0.276. The molecule has 1 amide bonds. The molecular weight excluding hydrogens is 451 g/mol. The Morgan fingerprint density at radius 1 is 1.03 bits per heavy atom. The smallest absolute Gasteiger partial charge is 0.233 e. The van der Waals surface area contributed by atoms with E-state index in [9.17, 15) is 9.18 Å². The van der Waals surface area contributed by atoms with E-state index in [1.54, 1.807) is 29.4 Å². The fraction of sp³-hybridized carbons (Fsp3) is 0.269. The van der Waals surface area contributed by atoms with Gasteiger partial charge >= 0.3 is 0 Å². The van der Waals surface area contributed by atoms with Crippen LogP contribution < -0.4 is 0 Å². The number of rotatable bonds is 10. The number of amides is 1. The zero-order chi connectivity index (χ0) is 23.9. The maximum atomic E-state index is 14.5. The van der Waals surface area contributed by atoms with Gasteiger partial charge in [-0.25, -0.2) is 4.39 Å². The zero-order valence-electron chi connectivity index (χ0n) is 19.2. The van der Waals surface area contributed by atoms with E-state index in [0.29, 0.717) is 42.1 Å². The van der Waals surface area contributed by atoms with Gasteiger partial charge in [0.2, 0.25) is 5.91 Å². The summed E-state index contributed by atoms with van der Waals surface area (Å²) in [7, 11) is 0. The average molecular weight is 479 g/mol. The molecule has 0 atom stereocenters. The Labute approximate surface area is 202 Å². The molecular formula is C26H27FN4O2S. The lowest BCUT2D eigenvalue weighted by Gasteiger charge is -2.22. The number of carbonyl (C=O) groups is 1. The molecule has 176 valence electrons. The summed E-state index contributed by atoms with van der Waals surface area (Å²) in [6.45, 7) is 5.62. The minimum absolute atomic E-state index is 0.0446. The molecule has 0 unspecified atom stereocenters. The molecule has 0 radical (unpaired) electrons. The second kappa shape index (κ2) is 11.2. The standard InChI is InChI=1S/C26H27FN4O2S/c1-19(2)15-31-25(22-12-6-7-13-23(22)27)28-29-26(31)34-18-24(32)30(17-21-11-8-14-33-21)16-20-9-4-3-5-10-20/h3-14,19H,15-18H2,1-2H3. The largest absolute Gasteiger partial charge is 0.467 e. The van der Waals surface area contributed by atoms with Crippen LogP contribution in [0.15, 0.2) is 82.6 Å². The molecule has 2 heterocycles. The van der Waals surface area contributed by atoms with Gasteiger partial charge in [0.25, 0.3) is 0 Å². The first kappa shape index (κ1) is 23.8. The minimum atomic E-state index is -0.347. The first-order valence-electron chi connectivity index (χ1n) is 11.2. The zero-order valence-corrected chi connectivity index (χ0v) is 20.0. The van der Waals surface area contributed by atoms with E-state index in [1.807, 2.05) is 47.0 Å². The first-order chi connectivity index (χ1) is 16.5. The van der Waals surface area contributed by atoms with Gasteiger partial charge in [0, 0.05) is 13.1 Å². The predicted octanol–water partition coefficient (Wildman–Crippen LogP) is 5.65. The first-order valence-corrected chi connectivity index (χ1v) is 12.1. The number of halogens is 1. The van der Waals surface area contributed by atoms with Crippen molar-refractivity contribution >= 4 is 17.7 Å². The number of hydrogen-bond donors (Lipinski definition) is 0. The molecule has 0 saturated carbocycles. The predicted molar refractivity (Wildman–Crippen MR) is 130 cm³/mol. The Morgan fingerprint density at radius 2 is 1.79 bits per heavy atom. The Bertz CT molecular complexity index is 1210. The fourth-order valence-electron chi connectivity index (χ4n) is 3.61. The third kappa shape index (κ3) is 5.94. The van der Waals surface area contributed by atoms with Crippen LogP contribution in [-0.2, 0) is 24.4 Å². The van der Waals surface area contributed by atoms with Crippen LogP contribution in [0, 0.1) is 11.7 Å². The van der Waals surface area contributed by atoms with Gasteiger partial charge in [-0.1, -0.05) is 68.1 Å². The van der Waals surface area contributed by atoms with Crippen LogP contribution in [0.2, 0.25) is 0 Å². The Kier molecular flexibility index (Phi) is 7.80. The van der Waals surface area contributed by atoms with E-state index >= 15 is 0 Å². The molecule has 0 aliphatic rings. The highest BCUT2D eigenvalue weighted by atomic mass is 32.2. The lowest BCUT2D eigenvalue weighted by Crippen LogP contribution is -2.31. The van der Waals surface area contributed by atoms with Crippen molar-refractivity contribution < 1.29 is 13.6 Å². The van der Waals surface area contributed by atoms with Crippen molar-refractivity contribution in [1.29, 1.82) is 0 Å². The summed E-state index contributed by atoms with van der Waals surface area (Å²) in [6, 6.07) is 20.1. The second-order valence-electron chi connectivity index (χ2n) is 8.39. The molecule has 6 nitrogen and oxygen atoms in total. The molecule has 0 saturated heterocycles. The van der Waals surface area contributed by atoms with Crippen molar-refractivity contribution in [3.05, 3.63) is 90.1 Å². The van der Waals surface area contributed by atoms with Crippen LogP contribution in [0.3, 0.4) is 0 Å². The molecule has 4 rings (SSSR count). The molecule has 34 heavy (non-hydrogen) atoms. The van der Waals surface area contributed by atoms with Crippen LogP contribution in [0.4, 0.5) is 4.39 Å². The van der Waals surface area contributed by atoms with Crippen molar-refractivity contribution in [2.45, 2.75) is 38.6 Å². The van der Waals surface area contributed by atoms with E-state index in [4.69, 9.17) is 4.42 Å². The Morgan fingerprint density at radius 3 is 2.50 bits per heavy atom. The number of thioether (sulfide) groups is 1. The summed E-state index contributed by atoms with van der Waals surface area (Å²) in [5.74, 6) is 1.28. The highest BCUT2D eigenvalue weighted by Gasteiger charge is 2.21. The topological polar surface area (TPSA) is 64.2 Å². The van der Waals surface area contributed by atoms with E-state index in [-0.39, 0.29) is 17.5 Å². The average Bonchev–Trinajstić information content (AvgIpc) is 3.48. The van der Waals surface area contributed by atoms with Crippen LogP contribution in [-0.4, -0.2) is 31.3 Å². The molecule has 0 aliphatic carbocycles. The molecule has 2 aromatic heterocycles. The van der Waals surface area contributed by atoms with Gasteiger partial charge < -0.3 is 13.9 Å². The highest BCUT2D eigenvalue weighted by Crippen LogP contribution is 2.27. The summed E-state index contributed by atoms with van der Waals surface area (Å²) in [5.41, 5.74) is 1.44. The summed E-state index contributed by atoms with van der Waals surface area (Å²) >= 11 is 1.32. The van der Waals surface area contributed by atoms with Gasteiger partial charge in [0.05, 0.1) is 24.1 Å². The Hall–Kier alpha value is -3.39. The van der Waals surface area contributed by atoms with Crippen LogP contribution in [0.25, 0.3) is 11.4 Å². The van der Waals surface area contributed by atoms with Gasteiger partial charge in [0.1, 0.15) is 11.6 Å². The van der Waals surface area contributed by atoms with Crippen molar-refractivity contribution in [1.82, 2.24) is 19.7 Å². The minimum Gasteiger partial charge on any atom is -0.467 e. The number of hydrogen-bond acceptors (Lipinski definition) is 5. The van der Waals surface area contributed by atoms with Crippen LogP contribution in [0.5, 0.6) is 0 Å². The number of aromatic nitrogens is 3. The van der Waals surface area contributed by atoms with Crippen molar-refractivity contribution in [2.75, 3.05) is 5.75 Å².